The van der Waals surface area contributed by atoms with Crippen molar-refractivity contribution in [3.63, 3.8) is 0 Å². The number of nitro groups is 1. The Morgan fingerprint density at radius 1 is 1.23 bits per heavy atom. The first-order chi connectivity index (χ1) is 12.3. The van der Waals surface area contributed by atoms with E-state index in [4.69, 9.17) is 0 Å². The zero-order valence-corrected chi connectivity index (χ0v) is 14.0. The lowest BCUT2D eigenvalue weighted by Gasteiger charge is -2.20. The van der Waals surface area contributed by atoms with Crippen molar-refractivity contribution in [3.05, 3.63) is 69.3 Å². The van der Waals surface area contributed by atoms with Crippen LogP contribution in [0.4, 0.5) is 20.2 Å². The van der Waals surface area contributed by atoms with Gasteiger partial charge in [0.25, 0.3) is 5.69 Å². The van der Waals surface area contributed by atoms with Crippen LogP contribution in [0.3, 0.4) is 0 Å². The van der Waals surface area contributed by atoms with Crippen LogP contribution in [0.25, 0.3) is 0 Å². The minimum Gasteiger partial charge on any atom is -0.373 e. The molecule has 1 atom stereocenters. The van der Waals surface area contributed by atoms with Crippen molar-refractivity contribution in [1.29, 1.82) is 0 Å². The summed E-state index contributed by atoms with van der Waals surface area (Å²) < 4.78 is 27.0. The monoisotopic (exact) mass is 361 g/mol. The molecule has 6 nitrogen and oxygen atoms in total. The third-order valence-electron chi connectivity index (χ3n) is 4.46. The van der Waals surface area contributed by atoms with Gasteiger partial charge in [-0.15, -0.1) is 0 Å². The smallest absolute Gasteiger partial charge is 0.295 e. The first-order valence-corrected chi connectivity index (χ1v) is 8.09. The SMILES string of the molecule is CC(=O)N1CCC(Nc2ccc(F)cc2[N+](=O)[O-])c2ccc(F)cc2C1. The molecule has 0 fully saturated rings. The maximum Gasteiger partial charge on any atom is 0.295 e. The van der Waals surface area contributed by atoms with Crippen LogP contribution in [0.1, 0.15) is 30.5 Å². The average Bonchev–Trinajstić information content (AvgIpc) is 2.75. The lowest BCUT2D eigenvalue weighted by atomic mass is 9.98. The molecule has 0 saturated carbocycles. The van der Waals surface area contributed by atoms with Gasteiger partial charge in [0.2, 0.25) is 5.91 Å². The molecule has 1 amide bonds. The normalized spacial score (nSPS) is 16.6. The summed E-state index contributed by atoms with van der Waals surface area (Å²) in [5, 5.41) is 14.3. The number of carbonyl (C=O) groups is 1. The van der Waals surface area contributed by atoms with Crippen LogP contribution < -0.4 is 5.32 Å². The van der Waals surface area contributed by atoms with Crippen molar-refractivity contribution in [2.75, 3.05) is 11.9 Å². The number of amides is 1. The molecule has 0 bridgehead atoms. The molecule has 0 radical (unpaired) electrons. The summed E-state index contributed by atoms with van der Waals surface area (Å²) in [6, 6.07) is 7.22. The number of carbonyl (C=O) groups excluding carboxylic acids is 1. The maximum atomic E-state index is 13.7. The molecule has 1 aliphatic heterocycles. The van der Waals surface area contributed by atoms with Crippen LogP contribution in [0.5, 0.6) is 0 Å². The van der Waals surface area contributed by atoms with Crippen molar-refractivity contribution < 1.29 is 18.5 Å². The minimum absolute atomic E-state index is 0.131. The lowest BCUT2D eigenvalue weighted by Crippen LogP contribution is -2.28. The Balaban J connectivity index is 1.99. The fourth-order valence-corrected chi connectivity index (χ4v) is 3.16. The minimum atomic E-state index is -0.701. The van der Waals surface area contributed by atoms with Gasteiger partial charge < -0.3 is 10.2 Å². The van der Waals surface area contributed by atoms with Gasteiger partial charge in [-0.2, -0.15) is 0 Å². The number of halogens is 2. The number of hydrogen-bond donors (Lipinski definition) is 1. The van der Waals surface area contributed by atoms with Gasteiger partial charge in [-0.25, -0.2) is 8.78 Å². The largest absolute Gasteiger partial charge is 0.373 e. The molecular formula is C18H17F2N3O3. The highest BCUT2D eigenvalue weighted by atomic mass is 19.1. The number of nitro benzene ring substituents is 1. The molecule has 1 N–H and O–H groups in total. The van der Waals surface area contributed by atoms with Crippen LogP contribution >= 0.6 is 0 Å². The molecular weight excluding hydrogens is 344 g/mol. The number of nitrogens with zero attached hydrogens (tertiary/aromatic N) is 2. The molecule has 1 unspecified atom stereocenters. The molecule has 0 aromatic heterocycles. The van der Waals surface area contributed by atoms with Crippen LogP contribution in [0, 0.1) is 21.7 Å². The number of nitrogens with one attached hydrogen (secondary N) is 1. The standard InChI is InChI=1S/C18H17F2N3O3/c1-11(24)22-7-6-16(15-4-2-13(19)8-12(15)10-22)21-17-5-3-14(20)9-18(17)23(25)26/h2-5,8-9,16,21H,6-7,10H2,1H3. The van der Waals surface area contributed by atoms with Gasteiger partial charge in [0.15, 0.2) is 0 Å². The van der Waals surface area contributed by atoms with Crippen LogP contribution in [0.2, 0.25) is 0 Å². The third-order valence-corrected chi connectivity index (χ3v) is 4.46. The highest BCUT2D eigenvalue weighted by molar-refractivity contribution is 5.73. The number of anilines is 1. The second kappa shape index (κ2) is 7.07. The molecule has 8 heteroatoms. The molecule has 1 heterocycles. The Morgan fingerprint density at radius 2 is 1.92 bits per heavy atom. The van der Waals surface area contributed by atoms with Crippen molar-refractivity contribution >= 4 is 17.3 Å². The second-order valence-corrected chi connectivity index (χ2v) is 6.19. The van der Waals surface area contributed by atoms with Crippen LogP contribution in [-0.2, 0) is 11.3 Å². The van der Waals surface area contributed by atoms with Gasteiger partial charge in [-0.3, -0.25) is 14.9 Å². The topological polar surface area (TPSA) is 75.5 Å². The van der Waals surface area contributed by atoms with E-state index in [1.54, 1.807) is 11.0 Å². The van der Waals surface area contributed by atoms with E-state index in [2.05, 4.69) is 5.32 Å². The lowest BCUT2D eigenvalue weighted by molar-refractivity contribution is -0.384. The summed E-state index contributed by atoms with van der Waals surface area (Å²) in [4.78, 5) is 23.9. The Labute approximate surface area is 148 Å². The summed E-state index contributed by atoms with van der Waals surface area (Å²) in [6.07, 6.45) is 0.479. The van der Waals surface area contributed by atoms with E-state index in [0.29, 0.717) is 18.5 Å². The van der Waals surface area contributed by atoms with Crippen molar-refractivity contribution in [2.45, 2.75) is 25.9 Å². The van der Waals surface area contributed by atoms with E-state index in [-0.39, 0.29) is 29.9 Å². The van der Waals surface area contributed by atoms with Crippen molar-refractivity contribution in [3.8, 4) is 0 Å². The van der Waals surface area contributed by atoms with Crippen LogP contribution in [0.15, 0.2) is 36.4 Å². The number of benzene rings is 2. The summed E-state index contributed by atoms with van der Waals surface area (Å²) in [7, 11) is 0. The summed E-state index contributed by atoms with van der Waals surface area (Å²) >= 11 is 0. The maximum absolute atomic E-state index is 13.7. The van der Waals surface area contributed by atoms with Gasteiger partial charge in [-0.05, 0) is 41.8 Å². The molecule has 2 aromatic rings. The fraction of sp³-hybridized carbons (Fsp3) is 0.278. The Kier molecular flexibility index (Phi) is 4.83. The van der Waals surface area contributed by atoms with Crippen molar-refractivity contribution in [2.24, 2.45) is 0 Å². The van der Waals surface area contributed by atoms with E-state index in [9.17, 15) is 23.7 Å². The van der Waals surface area contributed by atoms with E-state index in [0.717, 1.165) is 17.7 Å². The predicted molar refractivity (Wildman–Crippen MR) is 91.5 cm³/mol. The van der Waals surface area contributed by atoms with Gasteiger partial charge in [0, 0.05) is 20.0 Å². The quantitative estimate of drug-likeness (QED) is 0.667. The fourth-order valence-electron chi connectivity index (χ4n) is 3.16. The average molecular weight is 361 g/mol. The number of hydrogen-bond acceptors (Lipinski definition) is 4. The molecule has 0 saturated heterocycles. The number of fused-ring (bicyclic) bond motifs is 1. The summed E-state index contributed by atoms with van der Waals surface area (Å²) in [5.41, 5.74) is 1.20. The predicted octanol–water partition coefficient (Wildman–Crippen LogP) is 3.78. The summed E-state index contributed by atoms with van der Waals surface area (Å²) in [6.45, 7) is 2.13. The molecule has 26 heavy (non-hydrogen) atoms. The van der Waals surface area contributed by atoms with E-state index in [1.165, 1.54) is 25.1 Å². The highest BCUT2D eigenvalue weighted by Gasteiger charge is 2.26. The molecule has 0 aliphatic carbocycles. The Bertz CT molecular complexity index is 873. The van der Waals surface area contributed by atoms with Gasteiger partial charge in [0.05, 0.1) is 17.0 Å². The van der Waals surface area contributed by atoms with E-state index in [1.807, 2.05) is 0 Å². The molecule has 2 aromatic carbocycles. The molecule has 1 aliphatic rings. The molecule has 3 rings (SSSR count). The van der Waals surface area contributed by atoms with Gasteiger partial charge in [-0.1, -0.05) is 6.07 Å². The molecule has 0 spiro atoms. The summed E-state index contributed by atoms with van der Waals surface area (Å²) in [5.74, 6) is -1.25. The van der Waals surface area contributed by atoms with Crippen LogP contribution in [-0.4, -0.2) is 22.3 Å². The van der Waals surface area contributed by atoms with Gasteiger partial charge >= 0.3 is 0 Å². The highest BCUT2D eigenvalue weighted by Crippen LogP contribution is 2.34. The zero-order chi connectivity index (χ0) is 18.8. The van der Waals surface area contributed by atoms with E-state index < -0.39 is 16.6 Å². The third kappa shape index (κ3) is 3.63. The first-order valence-electron chi connectivity index (χ1n) is 8.09. The van der Waals surface area contributed by atoms with Gasteiger partial charge in [0.1, 0.15) is 17.3 Å². The van der Waals surface area contributed by atoms with Crippen molar-refractivity contribution in [1.82, 2.24) is 4.90 Å². The second-order valence-electron chi connectivity index (χ2n) is 6.19. The Morgan fingerprint density at radius 3 is 2.62 bits per heavy atom. The zero-order valence-electron chi connectivity index (χ0n) is 14.0. The van der Waals surface area contributed by atoms with E-state index >= 15 is 0 Å². The number of rotatable bonds is 3. The molecule has 136 valence electrons. The Hall–Kier alpha value is -3.03. The first kappa shape index (κ1) is 17.8.